The van der Waals surface area contributed by atoms with Crippen molar-refractivity contribution in [3.05, 3.63) is 169 Å². The predicted octanol–water partition coefficient (Wildman–Crippen LogP) is 13.6. The highest BCUT2D eigenvalue weighted by molar-refractivity contribution is 6.27. The summed E-state index contributed by atoms with van der Waals surface area (Å²) in [4.78, 5) is 0. The third-order valence-corrected chi connectivity index (χ3v) is 8.38. The average Bonchev–Trinajstić information content (AvgIpc) is 3.38. The van der Waals surface area contributed by atoms with Crippen LogP contribution < -0.4 is 0 Å². The lowest BCUT2D eigenvalue weighted by Gasteiger charge is -2.18. The van der Waals surface area contributed by atoms with E-state index in [-0.39, 0.29) is 10.8 Å². The van der Waals surface area contributed by atoms with E-state index in [9.17, 15) is 17.8 Å². The van der Waals surface area contributed by atoms with E-state index >= 15 is 0 Å². The highest BCUT2D eigenvalue weighted by atomic mass is 14.2. The van der Waals surface area contributed by atoms with Crippen LogP contribution in [0.15, 0.2) is 169 Å². The molecule has 0 aliphatic carbocycles. The van der Waals surface area contributed by atoms with Crippen molar-refractivity contribution < 1.29 is 38.4 Å². The lowest BCUT2D eigenvalue weighted by molar-refractivity contribution is 1.61. The van der Waals surface area contributed by atoms with E-state index in [1.165, 1.54) is 0 Å². The zero-order valence-corrected chi connectivity index (χ0v) is 24.0. The summed E-state index contributed by atoms with van der Waals surface area (Å²) in [6, 6.07) is -24.6. The van der Waals surface area contributed by atoms with Crippen molar-refractivity contribution in [1.29, 1.82) is 0 Å². The fourth-order valence-corrected chi connectivity index (χ4v) is 6.25. The molecule has 0 atom stereocenters. The molecule has 0 spiro atoms. The van der Waals surface area contributed by atoms with E-state index < -0.39 is 267 Å². The van der Waals surface area contributed by atoms with Crippen LogP contribution >= 0.6 is 0 Å². The minimum absolute atomic E-state index is 0.341. The van der Waals surface area contributed by atoms with E-state index in [4.69, 9.17) is 20.6 Å². The summed E-state index contributed by atoms with van der Waals surface area (Å²) >= 11 is 0. The second kappa shape index (κ2) is 9.64. The van der Waals surface area contributed by atoms with Gasteiger partial charge in [-0.15, -0.1) is 0 Å². The molecule has 11 rings (SSSR count). The minimum Gasteiger partial charge on any atom is -0.0616 e. The monoisotopic (exact) mass is 632 g/mol. The zero-order chi connectivity index (χ0) is 55.7. The Morgan fingerprint density at radius 1 is 0.250 bits per heavy atom. The van der Waals surface area contributed by atoms with Gasteiger partial charge in [-0.25, -0.2) is 0 Å². The molecule has 0 N–H and O–H groups in total. The first kappa shape index (κ1) is 10.9. The zero-order valence-electron chi connectivity index (χ0n) is 52.0. The maximum Gasteiger partial charge on any atom is 0.0636 e. The van der Waals surface area contributed by atoms with Gasteiger partial charge in [0.1, 0.15) is 0 Å². The molecule has 0 nitrogen and oxygen atoms in total. The molecule has 0 heteroatoms. The lowest BCUT2D eigenvalue weighted by Crippen LogP contribution is -1.91. The SMILES string of the molecule is [2H]c1c(-c2c([2H])c([2H])c3c([2H])c([2H])c([2H])c([2H])c3c2[2H])c([2H])c(-c2c([2H])c([2H])c3c([2H])c([2H])c4c([2H])c([2H])c([2H])c5c([2H])c([2H])c2c3c45)c([2H])c1-c1c([2H])c([2H])c2c([2H])c([2H])c3c([2H])c([2H])c([2H])c4c([2H])c([2H])c1c2c34. The first-order valence-electron chi connectivity index (χ1n) is 28.5. The van der Waals surface area contributed by atoms with Gasteiger partial charge in [0.15, 0.2) is 0 Å². The normalized spacial score (nSPS) is 20.3. The van der Waals surface area contributed by atoms with Crippen LogP contribution in [0.1, 0.15) is 38.4 Å². The van der Waals surface area contributed by atoms with E-state index in [2.05, 4.69) is 0 Å². The van der Waals surface area contributed by atoms with Crippen molar-refractivity contribution in [2.75, 3.05) is 0 Å². The van der Waals surface area contributed by atoms with Crippen molar-refractivity contribution in [1.82, 2.24) is 0 Å². The number of hydrogen-bond donors (Lipinski definition) is 0. The molecule has 220 valence electrons. The van der Waals surface area contributed by atoms with E-state index in [0.29, 0.717) is 0 Å². The van der Waals surface area contributed by atoms with Crippen molar-refractivity contribution in [2.24, 2.45) is 0 Å². The smallest absolute Gasteiger partial charge is 0.0616 e. The van der Waals surface area contributed by atoms with Crippen LogP contribution in [-0.2, 0) is 0 Å². The van der Waals surface area contributed by atoms with Gasteiger partial charge in [-0.05, 0) is 133 Å². The van der Waals surface area contributed by atoms with Gasteiger partial charge in [-0.1, -0.05) is 145 Å². The Labute approximate surface area is 317 Å². The van der Waals surface area contributed by atoms with Gasteiger partial charge in [0.25, 0.3) is 0 Å². The first-order chi connectivity index (χ1) is 35.5. The Kier molecular flexibility index (Phi) is 2.19. The molecule has 0 saturated carbocycles. The molecule has 0 saturated heterocycles. The molecule has 0 heterocycles. The number of benzene rings is 11. The van der Waals surface area contributed by atoms with Crippen LogP contribution in [0, 0.1) is 0 Å². The second-order valence-corrected chi connectivity index (χ2v) is 11.0. The molecule has 0 bridgehead atoms. The number of fused-ring (bicyclic) bond motifs is 1. The largest absolute Gasteiger partial charge is 0.0636 e. The molecular weight excluding hydrogens is 577 g/mol. The second-order valence-electron chi connectivity index (χ2n) is 11.0. The predicted molar refractivity (Wildman–Crippen MR) is 208 cm³/mol. The lowest BCUT2D eigenvalue weighted by atomic mass is 9.86. The summed E-state index contributed by atoms with van der Waals surface area (Å²) in [5.41, 5.74) is -5.22. The number of hydrogen-bond acceptors (Lipinski definition) is 0. The molecule has 48 heavy (non-hydrogen) atoms. The fourth-order valence-electron chi connectivity index (χ4n) is 6.25. The molecule has 0 fully saturated rings. The fraction of sp³-hybridized carbons (Fsp3) is 0. The Balaban J connectivity index is 1.47. The Bertz CT molecular complexity index is 4380. The van der Waals surface area contributed by atoms with E-state index in [1.807, 2.05) is 0 Å². The van der Waals surface area contributed by atoms with Crippen LogP contribution in [0.25, 0.3) is 109 Å². The van der Waals surface area contributed by atoms with E-state index in [0.717, 1.165) is 0 Å². The summed E-state index contributed by atoms with van der Waals surface area (Å²) in [7, 11) is 0. The molecule has 0 aliphatic heterocycles. The van der Waals surface area contributed by atoms with Crippen LogP contribution in [-0.4, -0.2) is 0 Å². The van der Waals surface area contributed by atoms with Gasteiger partial charge in [-0.3, -0.25) is 0 Å². The van der Waals surface area contributed by atoms with Crippen molar-refractivity contribution in [2.45, 2.75) is 0 Å². The van der Waals surface area contributed by atoms with Crippen LogP contribution in [0.2, 0.25) is 0 Å². The first-order valence-corrected chi connectivity index (χ1v) is 14.5. The van der Waals surface area contributed by atoms with Crippen LogP contribution in [0.3, 0.4) is 0 Å². The van der Waals surface area contributed by atoms with Gasteiger partial charge < -0.3 is 0 Å². The molecule has 11 aromatic carbocycles. The van der Waals surface area contributed by atoms with Crippen LogP contribution in [0.5, 0.6) is 0 Å². The molecule has 0 aromatic heterocycles. The van der Waals surface area contributed by atoms with Crippen molar-refractivity contribution in [3.8, 4) is 33.4 Å². The van der Waals surface area contributed by atoms with Crippen molar-refractivity contribution in [3.63, 3.8) is 0 Å². The maximum atomic E-state index is 10.2. The molecular formula is C48H28. The highest BCUT2D eigenvalue weighted by Crippen LogP contribution is 2.44. The van der Waals surface area contributed by atoms with Gasteiger partial charge in [0.2, 0.25) is 0 Å². The highest BCUT2D eigenvalue weighted by Gasteiger charge is 2.17. The summed E-state index contributed by atoms with van der Waals surface area (Å²) in [5, 5.41) is -6.87. The maximum absolute atomic E-state index is 10.2. The third-order valence-electron chi connectivity index (χ3n) is 8.38. The standard InChI is InChI=1S/C48H28/c1-2-6-36-25-37(16-11-29(36)5-1)38-26-39(41-21-17-34-14-12-30-7-3-9-32-19-23-43(41)47(34)45(30)32)28-40(27-38)42-22-18-35-15-13-31-8-4-10-33-20-24-44(42)48(35)46(31)33/h1-28H/i1D,2D,3D,4D,5D,6D,7D,8D,9D,10D,11D,12D,13D,14D,15D,16D,17D,18D,19D,20D,21D,22D,23D,24D,25D,26D,27D,28D. The molecule has 0 aliphatic rings. The summed E-state index contributed by atoms with van der Waals surface area (Å²) in [6.45, 7) is 0. The summed E-state index contributed by atoms with van der Waals surface area (Å²) in [5.74, 6) is 0. The molecule has 11 aromatic rings. The summed E-state index contributed by atoms with van der Waals surface area (Å²) in [6.07, 6.45) is 0. The van der Waals surface area contributed by atoms with Gasteiger partial charge in [0, 0.05) is 0 Å². The number of rotatable bonds is 3. The quantitative estimate of drug-likeness (QED) is 0.170. The van der Waals surface area contributed by atoms with Gasteiger partial charge in [-0.2, -0.15) is 0 Å². The molecule has 0 unspecified atom stereocenters. The topological polar surface area (TPSA) is 0 Å². The molecule has 0 radical (unpaired) electrons. The van der Waals surface area contributed by atoms with Gasteiger partial charge in [0.05, 0.1) is 38.4 Å². The Morgan fingerprint density at radius 3 is 1.19 bits per heavy atom. The summed E-state index contributed by atoms with van der Waals surface area (Å²) < 4.78 is 257. The van der Waals surface area contributed by atoms with Gasteiger partial charge >= 0.3 is 0 Å². The molecule has 0 amide bonds. The van der Waals surface area contributed by atoms with Crippen molar-refractivity contribution >= 4 is 75.4 Å². The third kappa shape index (κ3) is 3.66. The van der Waals surface area contributed by atoms with E-state index in [1.54, 1.807) is 0 Å². The Hall–Kier alpha value is -6.24. The minimum atomic E-state index is -1.10. The average molecular weight is 633 g/mol. The van der Waals surface area contributed by atoms with Crippen LogP contribution in [0.4, 0.5) is 0 Å². The Morgan fingerprint density at radius 2 is 0.646 bits per heavy atom.